The van der Waals surface area contributed by atoms with Gasteiger partial charge in [0.05, 0.1) is 0 Å². The van der Waals surface area contributed by atoms with E-state index < -0.39 is 0 Å². The monoisotopic (exact) mass is 199 g/mol. The molecular weight excluding hydrogens is 182 g/mol. The second-order valence-electron chi connectivity index (χ2n) is 4.11. The minimum Gasteiger partial charge on any atom is -0.343 e. The van der Waals surface area contributed by atoms with Gasteiger partial charge in [-0.05, 0) is 36.4 Å². The van der Waals surface area contributed by atoms with Crippen LogP contribution in [0.1, 0.15) is 18.9 Å². The largest absolute Gasteiger partial charge is 0.343 e. The summed E-state index contributed by atoms with van der Waals surface area (Å²) in [6.07, 6.45) is 3.19. The third-order valence-corrected chi connectivity index (χ3v) is 2.82. The summed E-state index contributed by atoms with van der Waals surface area (Å²) in [6, 6.07) is 8.73. The zero-order valence-electron chi connectivity index (χ0n) is 9.46. The van der Waals surface area contributed by atoms with Gasteiger partial charge >= 0.3 is 0 Å². The Morgan fingerprint density at radius 3 is 2.87 bits per heavy atom. The molecule has 0 atom stereocenters. The van der Waals surface area contributed by atoms with Crippen molar-refractivity contribution < 1.29 is 0 Å². The average molecular weight is 199 g/mol. The molecule has 78 valence electrons. The Balaban J connectivity index is 2.43. The Labute approximate surface area is 91.0 Å². The lowest BCUT2D eigenvalue weighted by molar-refractivity contribution is 0.790. The summed E-state index contributed by atoms with van der Waals surface area (Å²) in [5.41, 5.74) is 3.89. The predicted octanol–water partition coefficient (Wildman–Crippen LogP) is 3.92. The van der Waals surface area contributed by atoms with E-state index in [1.807, 2.05) is 0 Å². The first-order chi connectivity index (χ1) is 7.20. The molecule has 0 amide bonds. The lowest BCUT2D eigenvalue weighted by atomic mass is 10.2. The zero-order chi connectivity index (χ0) is 10.8. The van der Waals surface area contributed by atoms with Crippen molar-refractivity contribution in [2.24, 2.45) is 0 Å². The minimum atomic E-state index is 0.934. The number of aryl methyl sites for hydroxylation is 1. The minimum absolute atomic E-state index is 0.934. The molecule has 0 unspecified atom stereocenters. The Morgan fingerprint density at radius 2 is 2.13 bits per heavy atom. The van der Waals surface area contributed by atoms with Crippen LogP contribution in [0.15, 0.2) is 42.6 Å². The maximum atomic E-state index is 4.06. The van der Waals surface area contributed by atoms with E-state index in [4.69, 9.17) is 0 Å². The van der Waals surface area contributed by atoms with Gasteiger partial charge in [-0.15, -0.1) is 0 Å². The molecule has 0 aliphatic heterocycles. The smallest absolute Gasteiger partial charge is 0.0485 e. The number of allylic oxidation sites excluding steroid dienone is 1. The van der Waals surface area contributed by atoms with Gasteiger partial charge in [-0.1, -0.05) is 31.2 Å². The highest BCUT2D eigenvalue weighted by atomic mass is 14.9. The van der Waals surface area contributed by atoms with Crippen LogP contribution in [0.3, 0.4) is 0 Å². The Bertz CT molecular complexity index is 491. The van der Waals surface area contributed by atoms with Gasteiger partial charge in [0.2, 0.25) is 0 Å². The van der Waals surface area contributed by atoms with E-state index in [1.165, 1.54) is 22.0 Å². The van der Waals surface area contributed by atoms with Crippen molar-refractivity contribution in [1.82, 2.24) is 4.57 Å². The van der Waals surface area contributed by atoms with E-state index in [9.17, 15) is 0 Å². The molecular formula is C14H17N. The maximum Gasteiger partial charge on any atom is 0.0485 e. The summed E-state index contributed by atoms with van der Waals surface area (Å²) >= 11 is 0. The first-order valence-electron chi connectivity index (χ1n) is 5.43. The normalized spacial score (nSPS) is 10.8. The zero-order valence-corrected chi connectivity index (χ0v) is 9.46. The van der Waals surface area contributed by atoms with Crippen molar-refractivity contribution in [3.63, 3.8) is 0 Å². The molecule has 0 radical (unpaired) electrons. The molecule has 1 nitrogen and oxygen atoms in total. The molecule has 15 heavy (non-hydrogen) atoms. The number of benzene rings is 1. The van der Waals surface area contributed by atoms with E-state index in [0.29, 0.717) is 0 Å². The highest BCUT2D eigenvalue weighted by Gasteiger charge is 2.01. The predicted molar refractivity (Wildman–Crippen MR) is 66.1 cm³/mol. The molecule has 2 aromatic rings. The van der Waals surface area contributed by atoms with Crippen LogP contribution in [-0.4, -0.2) is 4.57 Å². The summed E-state index contributed by atoms with van der Waals surface area (Å²) in [5, 5.41) is 1.31. The van der Waals surface area contributed by atoms with Crippen molar-refractivity contribution in [2.75, 3.05) is 0 Å². The van der Waals surface area contributed by atoms with E-state index in [2.05, 4.69) is 55.5 Å². The number of hydrogen-bond acceptors (Lipinski definition) is 0. The van der Waals surface area contributed by atoms with Gasteiger partial charge in [-0.25, -0.2) is 0 Å². The van der Waals surface area contributed by atoms with Crippen molar-refractivity contribution in [2.45, 2.75) is 26.8 Å². The lowest BCUT2D eigenvalue weighted by Gasteiger charge is -2.06. The van der Waals surface area contributed by atoms with Crippen LogP contribution in [0.2, 0.25) is 0 Å². The highest BCUT2D eigenvalue weighted by Crippen LogP contribution is 2.18. The molecule has 0 fully saturated rings. The van der Waals surface area contributed by atoms with Gasteiger partial charge < -0.3 is 4.57 Å². The van der Waals surface area contributed by atoms with E-state index in [1.54, 1.807) is 0 Å². The Kier molecular flexibility index (Phi) is 2.63. The van der Waals surface area contributed by atoms with Gasteiger partial charge in [-0.3, -0.25) is 0 Å². The molecule has 2 rings (SSSR count). The number of aromatic nitrogens is 1. The number of hydrogen-bond donors (Lipinski definition) is 0. The van der Waals surface area contributed by atoms with Crippen molar-refractivity contribution >= 4 is 10.9 Å². The Morgan fingerprint density at radius 1 is 1.33 bits per heavy atom. The Hall–Kier alpha value is -1.50. The second-order valence-corrected chi connectivity index (χ2v) is 4.11. The fraction of sp³-hybridized carbons (Fsp3) is 0.286. The van der Waals surface area contributed by atoms with Crippen molar-refractivity contribution in [3.8, 4) is 0 Å². The van der Waals surface area contributed by atoms with Crippen LogP contribution >= 0.6 is 0 Å². The molecule has 0 N–H and O–H groups in total. The number of fused-ring (bicyclic) bond motifs is 1. The molecule has 0 spiro atoms. The first kappa shape index (κ1) is 10.0. The summed E-state index contributed by atoms with van der Waals surface area (Å²) in [7, 11) is 0. The highest BCUT2D eigenvalue weighted by molar-refractivity contribution is 5.80. The molecule has 1 aromatic heterocycles. The molecule has 1 aromatic carbocycles. The first-order valence-corrected chi connectivity index (χ1v) is 5.43. The van der Waals surface area contributed by atoms with Crippen molar-refractivity contribution in [1.29, 1.82) is 0 Å². The molecule has 0 aliphatic rings. The van der Waals surface area contributed by atoms with Gasteiger partial charge in [0, 0.05) is 18.3 Å². The van der Waals surface area contributed by atoms with Gasteiger partial charge in [0.15, 0.2) is 0 Å². The van der Waals surface area contributed by atoms with Crippen LogP contribution in [0.25, 0.3) is 10.9 Å². The van der Waals surface area contributed by atoms with Gasteiger partial charge in [-0.2, -0.15) is 0 Å². The summed E-state index contributed by atoms with van der Waals surface area (Å²) in [5.74, 6) is 0. The standard InChI is InChI=1S/C14H17N/c1-4-11(2)10-15-8-7-13-6-5-12(3)9-14(13)15/h5-9H,2,4,10H2,1,3H3. The lowest BCUT2D eigenvalue weighted by Crippen LogP contribution is -1.97. The van der Waals surface area contributed by atoms with Crippen molar-refractivity contribution in [3.05, 3.63) is 48.2 Å². The summed E-state index contributed by atoms with van der Waals surface area (Å²) in [4.78, 5) is 0. The third-order valence-electron chi connectivity index (χ3n) is 2.82. The summed E-state index contributed by atoms with van der Waals surface area (Å²) < 4.78 is 2.27. The van der Waals surface area contributed by atoms with Crippen LogP contribution in [0.4, 0.5) is 0 Å². The maximum absolute atomic E-state index is 4.06. The van der Waals surface area contributed by atoms with E-state index >= 15 is 0 Å². The van der Waals surface area contributed by atoms with Crippen LogP contribution in [-0.2, 0) is 6.54 Å². The average Bonchev–Trinajstić information content (AvgIpc) is 2.61. The number of rotatable bonds is 3. The SMILES string of the molecule is C=C(CC)Cn1ccc2ccc(C)cc21. The van der Waals surface area contributed by atoms with Crippen LogP contribution < -0.4 is 0 Å². The molecule has 0 saturated heterocycles. The molecule has 1 heterocycles. The van der Waals surface area contributed by atoms with Crippen LogP contribution in [0, 0.1) is 6.92 Å². The van der Waals surface area contributed by atoms with Crippen LogP contribution in [0.5, 0.6) is 0 Å². The fourth-order valence-corrected chi connectivity index (χ4v) is 1.78. The third kappa shape index (κ3) is 1.96. The summed E-state index contributed by atoms with van der Waals surface area (Å²) in [6.45, 7) is 9.27. The van der Waals surface area contributed by atoms with Gasteiger partial charge in [0.1, 0.15) is 0 Å². The van der Waals surface area contributed by atoms with Gasteiger partial charge in [0.25, 0.3) is 0 Å². The quantitative estimate of drug-likeness (QED) is 0.660. The topological polar surface area (TPSA) is 4.93 Å². The molecule has 1 heteroatoms. The molecule has 0 aliphatic carbocycles. The molecule has 0 saturated carbocycles. The van der Waals surface area contributed by atoms with E-state index in [0.717, 1.165) is 13.0 Å². The number of nitrogens with zero attached hydrogens (tertiary/aromatic N) is 1. The fourth-order valence-electron chi connectivity index (χ4n) is 1.78. The molecule has 0 bridgehead atoms. The second kappa shape index (κ2) is 3.93. The van der Waals surface area contributed by atoms with E-state index in [-0.39, 0.29) is 0 Å².